The molecule has 0 heterocycles. The second kappa shape index (κ2) is 13.5. The van der Waals surface area contributed by atoms with Gasteiger partial charge in [0.25, 0.3) is 0 Å². The highest BCUT2D eigenvalue weighted by Gasteiger charge is 2.41. The van der Waals surface area contributed by atoms with Crippen LogP contribution in [0, 0.1) is 24.7 Å². The maximum atomic E-state index is 2.57. The molecule has 6 aromatic rings. The molecule has 1 unspecified atom stereocenters. The van der Waals surface area contributed by atoms with Crippen molar-refractivity contribution in [3.63, 3.8) is 0 Å². The average Bonchev–Trinajstić information content (AvgIpc) is 3.88. The van der Waals surface area contributed by atoms with Gasteiger partial charge in [-0.2, -0.15) is 0 Å². The minimum Gasteiger partial charge on any atom is -0.310 e. The summed E-state index contributed by atoms with van der Waals surface area (Å²) >= 11 is 0. The number of rotatable bonds is 9. The van der Waals surface area contributed by atoms with Crippen molar-refractivity contribution in [2.24, 2.45) is 17.8 Å². The molecule has 0 radical (unpaired) electrons. The number of benzene rings is 6. The Labute approximate surface area is 324 Å². The molecule has 0 aromatic heterocycles. The Morgan fingerprint density at radius 3 is 2.02 bits per heavy atom. The second-order valence-electron chi connectivity index (χ2n) is 17.9. The molecule has 0 aliphatic heterocycles. The van der Waals surface area contributed by atoms with E-state index in [1.165, 1.54) is 105 Å². The molecule has 0 amide bonds. The van der Waals surface area contributed by atoms with Crippen molar-refractivity contribution >= 4 is 17.1 Å². The molecule has 1 nitrogen and oxygen atoms in total. The molecule has 54 heavy (non-hydrogen) atoms. The van der Waals surface area contributed by atoms with Crippen LogP contribution in [-0.4, -0.2) is 0 Å². The number of hydrogen-bond acceptors (Lipinski definition) is 1. The Bertz CT molecular complexity index is 2310. The first-order chi connectivity index (χ1) is 26.1. The van der Waals surface area contributed by atoms with E-state index >= 15 is 0 Å². The van der Waals surface area contributed by atoms with Gasteiger partial charge in [0.15, 0.2) is 0 Å². The highest BCUT2D eigenvalue weighted by molar-refractivity contribution is 5.86. The van der Waals surface area contributed by atoms with Crippen LogP contribution in [0.25, 0.3) is 22.3 Å². The van der Waals surface area contributed by atoms with E-state index in [-0.39, 0.29) is 10.8 Å². The molecule has 2 saturated carbocycles. The maximum Gasteiger partial charge on any atom is 0.0465 e. The Morgan fingerprint density at radius 2 is 1.28 bits per heavy atom. The summed E-state index contributed by atoms with van der Waals surface area (Å²) in [5.74, 6) is 3.19. The summed E-state index contributed by atoms with van der Waals surface area (Å²) in [6.45, 7) is 14.5. The molecule has 2 fully saturated rings. The monoisotopic (exact) mass is 705 g/mol. The lowest BCUT2D eigenvalue weighted by Crippen LogP contribution is -2.24. The van der Waals surface area contributed by atoms with Gasteiger partial charge in [-0.25, -0.2) is 0 Å². The van der Waals surface area contributed by atoms with E-state index in [2.05, 4.69) is 186 Å². The van der Waals surface area contributed by atoms with Gasteiger partial charge in [-0.3, -0.25) is 0 Å². The summed E-state index contributed by atoms with van der Waals surface area (Å²) in [6.07, 6.45) is 7.06. The number of hydrogen-bond donors (Lipinski definition) is 0. The number of anilines is 3. The maximum absolute atomic E-state index is 2.57. The Balaban J connectivity index is 1.19. The fraction of sp³-hybridized carbons (Fsp3) is 0.321. The molecule has 3 aliphatic carbocycles. The molecule has 1 heteroatoms. The van der Waals surface area contributed by atoms with Gasteiger partial charge in [-0.05, 0) is 148 Å². The first-order valence-corrected chi connectivity index (χ1v) is 20.5. The van der Waals surface area contributed by atoms with Gasteiger partial charge in [0, 0.05) is 27.9 Å². The third-order valence-corrected chi connectivity index (χ3v) is 13.9. The van der Waals surface area contributed by atoms with E-state index < -0.39 is 0 Å². The summed E-state index contributed by atoms with van der Waals surface area (Å²) in [6, 6.07) is 52.6. The highest BCUT2D eigenvalue weighted by atomic mass is 15.1. The van der Waals surface area contributed by atoms with Crippen LogP contribution < -0.4 is 4.90 Å². The van der Waals surface area contributed by atoms with Crippen LogP contribution in [-0.2, 0) is 10.8 Å². The summed E-state index contributed by atoms with van der Waals surface area (Å²) in [5.41, 5.74) is 17.2. The molecular formula is C53H55N. The summed E-state index contributed by atoms with van der Waals surface area (Å²) in [7, 11) is 0. The minimum atomic E-state index is -0.131. The fourth-order valence-electron chi connectivity index (χ4n) is 11.0. The smallest absolute Gasteiger partial charge is 0.0465 e. The van der Waals surface area contributed by atoms with Gasteiger partial charge in [-0.1, -0.05) is 144 Å². The van der Waals surface area contributed by atoms with E-state index in [0.29, 0.717) is 5.92 Å². The Hall–Kier alpha value is -4.88. The van der Waals surface area contributed by atoms with Crippen LogP contribution in [0.3, 0.4) is 0 Å². The first kappa shape index (κ1) is 34.9. The predicted octanol–water partition coefficient (Wildman–Crippen LogP) is 14.7. The lowest BCUT2D eigenvalue weighted by Gasteiger charge is -2.35. The van der Waals surface area contributed by atoms with Crippen molar-refractivity contribution in [1.29, 1.82) is 0 Å². The zero-order chi connectivity index (χ0) is 37.2. The minimum absolute atomic E-state index is 0.0768. The third kappa shape index (κ3) is 5.92. The van der Waals surface area contributed by atoms with Crippen molar-refractivity contribution in [1.82, 2.24) is 0 Å². The lowest BCUT2D eigenvalue weighted by atomic mass is 9.71. The van der Waals surface area contributed by atoms with E-state index in [9.17, 15) is 0 Å². The van der Waals surface area contributed by atoms with Crippen molar-refractivity contribution < 1.29 is 0 Å². The molecule has 0 N–H and O–H groups in total. The molecular weight excluding hydrogens is 651 g/mol. The van der Waals surface area contributed by atoms with Gasteiger partial charge in [-0.15, -0.1) is 0 Å². The fourth-order valence-corrected chi connectivity index (χ4v) is 11.0. The van der Waals surface area contributed by atoms with Gasteiger partial charge >= 0.3 is 0 Å². The largest absolute Gasteiger partial charge is 0.310 e. The topological polar surface area (TPSA) is 3.24 Å². The normalized spacial score (nSPS) is 20.1. The zero-order valence-electron chi connectivity index (χ0n) is 33.1. The van der Waals surface area contributed by atoms with Crippen molar-refractivity contribution in [2.75, 3.05) is 4.90 Å². The molecule has 0 saturated heterocycles. The standard InChI is InChI=1S/C53H55N/c1-35-14-10-12-18-48(35)52(3,4)50-29-27-43(33-47(50)36(2)30-41-32-37-20-21-40(41)31-37)54(42-24-22-39(23-25-42)38-15-8-7-9-16-38)44-26-28-46-45-17-11-13-19-49(45)53(5,6)51(46)34-44/h7-19,22-29,33-34,36-37,40-41H,20-21,30-32H2,1-6H3/t36-,37+,40-,41?/m0/s1. The van der Waals surface area contributed by atoms with Crippen LogP contribution >= 0.6 is 0 Å². The zero-order valence-corrected chi connectivity index (χ0v) is 33.1. The number of nitrogens with zero attached hydrogens (tertiary/aromatic N) is 1. The van der Waals surface area contributed by atoms with Gasteiger partial charge in [0.05, 0.1) is 0 Å². The summed E-state index contributed by atoms with van der Waals surface area (Å²) < 4.78 is 0. The lowest BCUT2D eigenvalue weighted by molar-refractivity contribution is 0.298. The molecule has 272 valence electrons. The Morgan fingerprint density at radius 1 is 0.630 bits per heavy atom. The van der Waals surface area contributed by atoms with Gasteiger partial charge < -0.3 is 4.90 Å². The number of aryl methyl sites for hydroxylation is 1. The van der Waals surface area contributed by atoms with Crippen molar-refractivity contribution in [2.45, 2.75) is 90.4 Å². The molecule has 3 aliphatic rings. The highest BCUT2D eigenvalue weighted by Crippen LogP contribution is 2.53. The molecule has 9 rings (SSSR count). The second-order valence-corrected chi connectivity index (χ2v) is 17.9. The van der Waals surface area contributed by atoms with Gasteiger partial charge in [0.1, 0.15) is 0 Å². The van der Waals surface area contributed by atoms with Gasteiger partial charge in [0.2, 0.25) is 0 Å². The third-order valence-electron chi connectivity index (χ3n) is 13.9. The van der Waals surface area contributed by atoms with Crippen LogP contribution in [0.15, 0.2) is 140 Å². The molecule has 0 spiro atoms. The van der Waals surface area contributed by atoms with E-state index in [4.69, 9.17) is 0 Å². The molecule has 4 atom stereocenters. The van der Waals surface area contributed by atoms with Crippen molar-refractivity contribution in [3.8, 4) is 22.3 Å². The quantitative estimate of drug-likeness (QED) is 0.145. The van der Waals surface area contributed by atoms with Crippen LogP contribution in [0.2, 0.25) is 0 Å². The van der Waals surface area contributed by atoms with Crippen LogP contribution in [0.4, 0.5) is 17.1 Å². The van der Waals surface area contributed by atoms with E-state index in [1.807, 2.05) is 0 Å². The van der Waals surface area contributed by atoms with E-state index in [0.717, 1.165) is 17.8 Å². The Kier molecular flexibility index (Phi) is 8.68. The first-order valence-electron chi connectivity index (χ1n) is 20.5. The van der Waals surface area contributed by atoms with Crippen LogP contribution in [0.5, 0.6) is 0 Å². The van der Waals surface area contributed by atoms with Crippen molar-refractivity contribution in [3.05, 3.63) is 173 Å². The van der Waals surface area contributed by atoms with E-state index in [1.54, 1.807) is 0 Å². The number of fused-ring (bicyclic) bond motifs is 5. The predicted molar refractivity (Wildman–Crippen MR) is 229 cm³/mol. The summed E-state index contributed by atoms with van der Waals surface area (Å²) in [5, 5.41) is 0. The molecule has 2 bridgehead atoms. The summed E-state index contributed by atoms with van der Waals surface area (Å²) in [4.78, 5) is 2.52. The SMILES string of the molecule is Cc1ccccc1C(C)(C)c1ccc(N(c2ccc(-c3ccccc3)cc2)c2ccc3c(c2)C(C)(C)c2ccccc2-3)cc1[C@@H](C)CC1C[C@@H]2CC[C@H]1C2. The average molecular weight is 706 g/mol. The van der Waals surface area contributed by atoms with Crippen LogP contribution in [0.1, 0.15) is 106 Å². The molecule has 6 aromatic carbocycles.